The Hall–Kier alpha value is -1.51. The lowest BCUT2D eigenvalue weighted by atomic mass is 10.3. The number of amides is 1. The fraction of sp³-hybridized carbons (Fsp3) is 0.538. The number of hydrogen-bond donors (Lipinski definition) is 1. The van der Waals surface area contributed by atoms with Gasteiger partial charge in [-0.1, -0.05) is 0 Å². The number of ether oxygens (including phenoxy) is 1. The first-order chi connectivity index (χ1) is 9.99. The molecule has 2 heterocycles. The molecule has 21 heavy (non-hydrogen) atoms. The van der Waals surface area contributed by atoms with E-state index in [0.29, 0.717) is 25.3 Å². The summed E-state index contributed by atoms with van der Waals surface area (Å²) in [4.78, 5) is 15.6. The predicted octanol–water partition coefficient (Wildman–Crippen LogP) is -0.138. The van der Waals surface area contributed by atoms with Gasteiger partial charge in [-0.15, -0.1) is 0 Å². The standard InChI is InChI=1S/C13H19N3O4S/c1-11-10-16(6-7-20-11)21(18,19)8-5-15-13(17)12-3-2-4-14-9-12/h2-4,9,11H,5-8,10H2,1H3,(H,15,17). The van der Waals surface area contributed by atoms with E-state index in [9.17, 15) is 13.2 Å². The maximum atomic E-state index is 12.2. The van der Waals surface area contributed by atoms with Crippen LogP contribution in [0.1, 0.15) is 17.3 Å². The summed E-state index contributed by atoms with van der Waals surface area (Å²) in [6.45, 7) is 3.04. The lowest BCUT2D eigenvalue weighted by Gasteiger charge is -2.30. The molecule has 1 saturated heterocycles. The summed E-state index contributed by atoms with van der Waals surface area (Å²) in [7, 11) is -3.37. The molecule has 1 aliphatic rings. The van der Waals surface area contributed by atoms with Crippen molar-refractivity contribution in [1.82, 2.24) is 14.6 Å². The smallest absolute Gasteiger partial charge is 0.252 e. The van der Waals surface area contributed by atoms with E-state index in [1.165, 1.54) is 10.5 Å². The molecule has 1 N–H and O–H groups in total. The minimum absolute atomic E-state index is 0.0712. The van der Waals surface area contributed by atoms with E-state index in [0.717, 1.165) is 0 Å². The largest absolute Gasteiger partial charge is 0.376 e. The number of carbonyl (C=O) groups excluding carboxylic acids is 1. The van der Waals surface area contributed by atoms with Crippen molar-refractivity contribution in [1.29, 1.82) is 0 Å². The Kier molecular flexibility index (Phi) is 5.27. The van der Waals surface area contributed by atoms with Crippen molar-refractivity contribution in [3.05, 3.63) is 30.1 Å². The van der Waals surface area contributed by atoms with Gasteiger partial charge in [0.25, 0.3) is 5.91 Å². The third-order valence-corrected chi connectivity index (χ3v) is 5.00. The van der Waals surface area contributed by atoms with Crippen molar-refractivity contribution in [3.8, 4) is 0 Å². The molecule has 1 aliphatic heterocycles. The van der Waals surface area contributed by atoms with Crippen LogP contribution in [-0.4, -0.2) is 61.7 Å². The lowest BCUT2D eigenvalue weighted by Crippen LogP contribution is -2.46. The normalized spacial score (nSPS) is 20.1. The molecule has 2 rings (SSSR count). The molecular weight excluding hydrogens is 294 g/mol. The minimum atomic E-state index is -3.37. The van der Waals surface area contributed by atoms with E-state index >= 15 is 0 Å². The molecule has 0 aliphatic carbocycles. The number of aromatic nitrogens is 1. The van der Waals surface area contributed by atoms with Gasteiger partial charge in [-0.3, -0.25) is 9.78 Å². The Morgan fingerprint density at radius 3 is 3.05 bits per heavy atom. The first-order valence-corrected chi connectivity index (χ1v) is 8.37. The fourth-order valence-corrected chi connectivity index (χ4v) is 3.47. The quantitative estimate of drug-likeness (QED) is 0.817. The van der Waals surface area contributed by atoms with Crippen molar-refractivity contribution >= 4 is 15.9 Å². The molecule has 1 atom stereocenters. The number of hydrogen-bond acceptors (Lipinski definition) is 5. The summed E-state index contributed by atoms with van der Waals surface area (Å²) in [5, 5.41) is 2.59. The zero-order valence-electron chi connectivity index (χ0n) is 11.9. The highest BCUT2D eigenvalue weighted by molar-refractivity contribution is 7.89. The van der Waals surface area contributed by atoms with Crippen LogP contribution in [0.5, 0.6) is 0 Å². The molecule has 1 aromatic rings. The number of carbonyl (C=O) groups is 1. The lowest BCUT2D eigenvalue weighted by molar-refractivity contribution is 0.0102. The van der Waals surface area contributed by atoms with Gasteiger partial charge in [0.1, 0.15) is 0 Å². The minimum Gasteiger partial charge on any atom is -0.376 e. The molecule has 8 heteroatoms. The Labute approximate surface area is 124 Å². The first-order valence-electron chi connectivity index (χ1n) is 6.77. The molecule has 0 bridgehead atoms. The molecule has 0 spiro atoms. The van der Waals surface area contributed by atoms with Crippen LogP contribution in [0.25, 0.3) is 0 Å². The molecule has 1 fully saturated rings. The average molecular weight is 313 g/mol. The molecule has 1 aromatic heterocycles. The van der Waals surface area contributed by atoms with Gasteiger partial charge in [0, 0.05) is 32.0 Å². The summed E-state index contributed by atoms with van der Waals surface area (Å²) in [6.07, 6.45) is 2.91. The Morgan fingerprint density at radius 1 is 1.57 bits per heavy atom. The number of nitrogens with one attached hydrogen (secondary N) is 1. The topological polar surface area (TPSA) is 88.6 Å². The number of sulfonamides is 1. The summed E-state index contributed by atoms with van der Waals surface area (Å²) in [5.74, 6) is -0.445. The predicted molar refractivity (Wildman–Crippen MR) is 77.3 cm³/mol. The summed E-state index contributed by atoms with van der Waals surface area (Å²) < 4.78 is 31.0. The summed E-state index contributed by atoms with van der Waals surface area (Å²) in [5.41, 5.74) is 0.412. The monoisotopic (exact) mass is 313 g/mol. The van der Waals surface area contributed by atoms with Crippen LogP contribution in [0.15, 0.2) is 24.5 Å². The Balaban J connectivity index is 1.83. The molecule has 7 nitrogen and oxygen atoms in total. The Bertz CT molecular complexity index is 576. The van der Waals surface area contributed by atoms with Crippen LogP contribution in [0, 0.1) is 0 Å². The second-order valence-corrected chi connectivity index (χ2v) is 6.94. The third kappa shape index (κ3) is 4.48. The number of rotatable bonds is 5. The molecule has 0 aromatic carbocycles. The van der Waals surface area contributed by atoms with Crippen molar-refractivity contribution < 1.29 is 17.9 Å². The van der Waals surface area contributed by atoms with Gasteiger partial charge in [0.2, 0.25) is 10.0 Å². The zero-order valence-corrected chi connectivity index (χ0v) is 12.7. The van der Waals surface area contributed by atoms with E-state index in [1.54, 1.807) is 18.3 Å². The van der Waals surface area contributed by atoms with Crippen LogP contribution >= 0.6 is 0 Å². The van der Waals surface area contributed by atoms with Crippen molar-refractivity contribution in [2.24, 2.45) is 0 Å². The molecule has 116 valence electrons. The number of pyridine rings is 1. The van der Waals surface area contributed by atoms with Crippen molar-refractivity contribution in [2.75, 3.05) is 32.0 Å². The van der Waals surface area contributed by atoms with Crippen LogP contribution < -0.4 is 5.32 Å². The molecule has 1 amide bonds. The maximum absolute atomic E-state index is 12.2. The van der Waals surface area contributed by atoms with Gasteiger partial charge in [0.05, 0.1) is 24.0 Å². The second-order valence-electron chi connectivity index (χ2n) is 4.85. The first kappa shape index (κ1) is 15.9. The van der Waals surface area contributed by atoms with Gasteiger partial charge in [-0.05, 0) is 19.1 Å². The van der Waals surface area contributed by atoms with Gasteiger partial charge < -0.3 is 10.1 Å². The molecule has 0 saturated carbocycles. The zero-order chi connectivity index (χ0) is 15.3. The highest BCUT2D eigenvalue weighted by Gasteiger charge is 2.27. The van der Waals surface area contributed by atoms with E-state index in [-0.39, 0.29) is 24.3 Å². The molecular formula is C13H19N3O4S. The highest BCUT2D eigenvalue weighted by Crippen LogP contribution is 2.09. The third-order valence-electron chi connectivity index (χ3n) is 3.17. The molecule has 1 unspecified atom stereocenters. The average Bonchev–Trinajstić information content (AvgIpc) is 2.48. The molecule has 0 radical (unpaired) electrons. The Morgan fingerprint density at radius 2 is 2.38 bits per heavy atom. The van der Waals surface area contributed by atoms with Gasteiger partial charge in [-0.2, -0.15) is 4.31 Å². The van der Waals surface area contributed by atoms with E-state index < -0.39 is 10.0 Å². The van der Waals surface area contributed by atoms with Crippen molar-refractivity contribution in [3.63, 3.8) is 0 Å². The number of morpholine rings is 1. The summed E-state index contributed by atoms with van der Waals surface area (Å²) >= 11 is 0. The van der Waals surface area contributed by atoms with Crippen LogP contribution in [0.3, 0.4) is 0 Å². The summed E-state index contributed by atoms with van der Waals surface area (Å²) in [6, 6.07) is 3.28. The number of nitrogens with zero attached hydrogens (tertiary/aromatic N) is 2. The van der Waals surface area contributed by atoms with E-state index in [1.807, 2.05) is 6.92 Å². The van der Waals surface area contributed by atoms with Gasteiger partial charge >= 0.3 is 0 Å². The van der Waals surface area contributed by atoms with E-state index in [2.05, 4.69) is 10.3 Å². The second kappa shape index (κ2) is 6.97. The van der Waals surface area contributed by atoms with Crippen LogP contribution in [0.2, 0.25) is 0 Å². The van der Waals surface area contributed by atoms with Crippen LogP contribution in [0.4, 0.5) is 0 Å². The maximum Gasteiger partial charge on any atom is 0.252 e. The van der Waals surface area contributed by atoms with Crippen LogP contribution in [-0.2, 0) is 14.8 Å². The fourth-order valence-electron chi connectivity index (χ4n) is 2.06. The van der Waals surface area contributed by atoms with Gasteiger partial charge in [-0.25, -0.2) is 8.42 Å². The SMILES string of the molecule is CC1CN(S(=O)(=O)CCNC(=O)c2cccnc2)CCO1. The van der Waals surface area contributed by atoms with Crippen molar-refractivity contribution in [2.45, 2.75) is 13.0 Å². The van der Waals surface area contributed by atoms with E-state index in [4.69, 9.17) is 4.74 Å². The van der Waals surface area contributed by atoms with Gasteiger partial charge in [0.15, 0.2) is 0 Å². The highest BCUT2D eigenvalue weighted by atomic mass is 32.2.